The Hall–Kier alpha value is -2.90. The van der Waals surface area contributed by atoms with Crippen molar-refractivity contribution in [1.82, 2.24) is 0 Å². The van der Waals surface area contributed by atoms with Crippen molar-refractivity contribution in [3.8, 4) is 5.75 Å². The third-order valence-electron chi connectivity index (χ3n) is 5.78. The number of benzene rings is 3. The zero-order chi connectivity index (χ0) is 25.1. The number of hydrogen-bond acceptors (Lipinski definition) is 4. The van der Waals surface area contributed by atoms with Crippen LogP contribution in [-0.4, -0.2) is 25.5 Å². The molecule has 1 atom stereocenters. The highest BCUT2D eigenvalue weighted by Gasteiger charge is 2.27. The minimum Gasteiger partial charge on any atom is -0.484 e. The third kappa shape index (κ3) is 6.81. The number of rotatable bonds is 8. The van der Waals surface area contributed by atoms with E-state index in [4.69, 9.17) is 4.74 Å². The van der Waals surface area contributed by atoms with Crippen molar-refractivity contribution >= 4 is 32.5 Å². The van der Waals surface area contributed by atoms with Gasteiger partial charge >= 0.3 is 0 Å². The highest BCUT2D eigenvalue weighted by atomic mass is 32.2. The second kappa shape index (κ2) is 10.2. The second-order valence-corrected chi connectivity index (χ2v) is 11.6. The van der Waals surface area contributed by atoms with Crippen LogP contribution >= 0.6 is 0 Å². The van der Waals surface area contributed by atoms with Gasteiger partial charge in [-0.15, -0.1) is 0 Å². The molecular weight excluding hydrogens is 450 g/mol. The molecule has 7 heteroatoms. The highest BCUT2D eigenvalue weighted by molar-refractivity contribution is 7.85. The fourth-order valence-electron chi connectivity index (χ4n) is 4.09. The van der Waals surface area contributed by atoms with Crippen molar-refractivity contribution in [3.05, 3.63) is 66.2 Å². The van der Waals surface area contributed by atoms with E-state index in [1.807, 2.05) is 18.2 Å². The molecule has 0 bridgehead atoms. The average molecular weight is 484 g/mol. The van der Waals surface area contributed by atoms with Gasteiger partial charge in [0.05, 0.1) is 4.90 Å². The van der Waals surface area contributed by atoms with E-state index in [1.54, 1.807) is 24.3 Å². The van der Waals surface area contributed by atoms with E-state index in [1.165, 1.54) is 17.7 Å². The molecule has 0 heterocycles. The molecule has 3 rings (SSSR count). The molecule has 0 saturated carbocycles. The average Bonchev–Trinajstić information content (AvgIpc) is 2.74. The van der Waals surface area contributed by atoms with Crippen molar-refractivity contribution in [2.75, 3.05) is 11.9 Å². The van der Waals surface area contributed by atoms with Gasteiger partial charge in [-0.2, -0.15) is 8.42 Å². The van der Waals surface area contributed by atoms with Crippen molar-refractivity contribution < 1.29 is 22.5 Å². The zero-order valence-electron chi connectivity index (χ0n) is 20.3. The van der Waals surface area contributed by atoms with Gasteiger partial charge in [0.1, 0.15) is 5.75 Å². The summed E-state index contributed by atoms with van der Waals surface area (Å²) in [5.74, 6) is 1.25. The SMILES string of the molecule is CC(C)CC(c1cccc(OCC(=O)Nc2ccc3ccc(S(=O)(=O)O)cc3c2)c1)C(C)(C)C. The van der Waals surface area contributed by atoms with Gasteiger partial charge in [0.15, 0.2) is 6.61 Å². The van der Waals surface area contributed by atoms with Gasteiger partial charge in [0.25, 0.3) is 16.0 Å². The van der Waals surface area contributed by atoms with E-state index in [0.717, 1.165) is 11.8 Å². The quantitative estimate of drug-likeness (QED) is 0.368. The normalized spacial score (nSPS) is 13.1. The Morgan fingerprint density at radius 1 is 1.00 bits per heavy atom. The summed E-state index contributed by atoms with van der Waals surface area (Å²) in [5, 5.41) is 4.14. The standard InChI is InChI=1S/C27H33NO5S/c1-18(2)13-25(27(3,4)5)20-7-6-8-23(15-20)33-17-26(29)28-22-11-9-19-10-12-24(34(30,31)32)16-21(19)14-22/h6-12,14-16,18,25H,13,17H2,1-5H3,(H,28,29)(H,30,31,32). The molecule has 0 radical (unpaired) electrons. The molecule has 0 aliphatic rings. The Morgan fingerprint density at radius 2 is 1.71 bits per heavy atom. The first-order valence-electron chi connectivity index (χ1n) is 11.4. The second-order valence-electron chi connectivity index (χ2n) is 10.2. The molecule has 3 aromatic carbocycles. The van der Waals surface area contributed by atoms with Crippen LogP contribution in [0.15, 0.2) is 65.6 Å². The van der Waals surface area contributed by atoms with Gasteiger partial charge in [-0.05, 0) is 76.4 Å². The third-order valence-corrected chi connectivity index (χ3v) is 6.63. The summed E-state index contributed by atoms with van der Waals surface area (Å²) in [7, 11) is -4.30. The van der Waals surface area contributed by atoms with Gasteiger partial charge in [0.2, 0.25) is 0 Å². The molecule has 2 N–H and O–H groups in total. The van der Waals surface area contributed by atoms with Gasteiger partial charge in [-0.3, -0.25) is 9.35 Å². The Kier molecular flexibility index (Phi) is 7.68. The Labute approximate surface area is 202 Å². The van der Waals surface area contributed by atoms with Crippen LogP contribution in [0.1, 0.15) is 52.5 Å². The summed E-state index contributed by atoms with van der Waals surface area (Å²) < 4.78 is 37.8. The molecule has 0 aliphatic heterocycles. The number of amides is 1. The predicted octanol–water partition coefficient (Wildman–Crippen LogP) is 6.28. The van der Waals surface area contributed by atoms with Crippen LogP contribution in [-0.2, 0) is 14.9 Å². The predicted molar refractivity (Wildman–Crippen MR) is 136 cm³/mol. The van der Waals surface area contributed by atoms with Crippen LogP contribution in [0.5, 0.6) is 5.75 Å². The molecule has 0 saturated heterocycles. The first-order chi connectivity index (χ1) is 15.8. The molecule has 1 unspecified atom stereocenters. The molecule has 182 valence electrons. The fraction of sp³-hybridized carbons (Fsp3) is 0.370. The minimum absolute atomic E-state index is 0.103. The van der Waals surface area contributed by atoms with Crippen LogP contribution < -0.4 is 10.1 Å². The highest BCUT2D eigenvalue weighted by Crippen LogP contribution is 2.40. The minimum atomic E-state index is -4.30. The van der Waals surface area contributed by atoms with Crippen LogP contribution in [0.3, 0.4) is 0 Å². The molecule has 6 nitrogen and oxygen atoms in total. The monoisotopic (exact) mass is 483 g/mol. The van der Waals surface area contributed by atoms with Crippen molar-refractivity contribution in [2.24, 2.45) is 11.3 Å². The summed E-state index contributed by atoms with van der Waals surface area (Å²) in [5.41, 5.74) is 1.81. The summed E-state index contributed by atoms with van der Waals surface area (Å²) in [6.45, 7) is 11.0. The topological polar surface area (TPSA) is 92.7 Å². The number of fused-ring (bicyclic) bond motifs is 1. The Morgan fingerprint density at radius 3 is 2.35 bits per heavy atom. The van der Waals surface area contributed by atoms with Crippen molar-refractivity contribution in [1.29, 1.82) is 0 Å². The van der Waals surface area contributed by atoms with Gasteiger partial charge in [0, 0.05) is 5.69 Å². The number of nitrogens with one attached hydrogen (secondary N) is 1. The summed E-state index contributed by atoms with van der Waals surface area (Å²) in [6, 6.07) is 17.4. The van der Waals surface area contributed by atoms with E-state index in [9.17, 15) is 17.8 Å². The molecule has 0 aliphatic carbocycles. The summed E-state index contributed by atoms with van der Waals surface area (Å²) in [6.07, 6.45) is 1.06. The lowest BCUT2D eigenvalue weighted by Gasteiger charge is -2.33. The molecule has 34 heavy (non-hydrogen) atoms. The maximum absolute atomic E-state index is 12.5. The fourth-order valence-corrected chi connectivity index (χ4v) is 4.61. The van der Waals surface area contributed by atoms with Gasteiger partial charge in [-0.1, -0.05) is 58.9 Å². The molecular formula is C27H33NO5S. The smallest absolute Gasteiger partial charge is 0.294 e. The lowest BCUT2D eigenvalue weighted by atomic mass is 9.72. The van der Waals surface area contributed by atoms with Gasteiger partial charge < -0.3 is 10.1 Å². The van der Waals surface area contributed by atoms with E-state index < -0.39 is 10.1 Å². The molecule has 1 amide bonds. The lowest BCUT2D eigenvalue weighted by Crippen LogP contribution is -2.21. The molecule has 0 aromatic heterocycles. The van der Waals surface area contributed by atoms with Gasteiger partial charge in [-0.25, -0.2) is 0 Å². The number of ether oxygens (including phenoxy) is 1. The Bertz CT molecular complexity index is 1280. The molecule has 0 fully saturated rings. The van der Waals surface area contributed by atoms with E-state index in [-0.39, 0.29) is 22.8 Å². The summed E-state index contributed by atoms with van der Waals surface area (Å²) in [4.78, 5) is 12.3. The van der Waals surface area contributed by atoms with Crippen LogP contribution in [0.25, 0.3) is 10.8 Å². The van der Waals surface area contributed by atoms with Crippen molar-refractivity contribution in [3.63, 3.8) is 0 Å². The first kappa shape index (κ1) is 25.7. The first-order valence-corrected chi connectivity index (χ1v) is 12.8. The largest absolute Gasteiger partial charge is 0.484 e. The number of hydrogen-bond donors (Lipinski definition) is 2. The number of carbonyl (C=O) groups excluding carboxylic acids is 1. The number of anilines is 1. The number of carbonyl (C=O) groups is 1. The van der Waals surface area contributed by atoms with Crippen molar-refractivity contribution in [2.45, 2.75) is 51.9 Å². The maximum atomic E-state index is 12.5. The van der Waals surface area contributed by atoms with Crippen LogP contribution in [0.4, 0.5) is 5.69 Å². The zero-order valence-corrected chi connectivity index (χ0v) is 21.1. The summed E-state index contributed by atoms with van der Waals surface area (Å²) >= 11 is 0. The Balaban J connectivity index is 1.69. The van der Waals surface area contributed by atoms with E-state index in [2.05, 4.69) is 46.0 Å². The molecule has 3 aromatic rings. The maximum Gasteiger partial charge on any atom is 0.294 e. The molecule has 0 spiro atoms. The van der Waals surface area contributed by atoms with Crippen LogP contribution in [0.2, 0.25) is 0 Å². The van der Waals surface area contributed by atoms with E-state index in [0.29, 0.717) is 28.7 Å². The van der Waals surface area contributed by atoms with Crippen LogP contribution in [0, 0.1) is 11.3 Å². The lowest BCUT2D eigenvalue weighted by molar-refractivity contribution is -0.118. The van der Waals surface area contributed by atoms with E-state index >= 15 is 0 Å².